The summed E-state index contributed by atoms with van der Waals surface area (Å²) >= 11 is 0. The van der Waals surface area contributed by atoms with E-state index in [0.717, 1.165) is 31.6 Å². The van der Waals surface area contributed by atoms with E-state index in [1.54, 1.807) is 20.3 Å². The van der Waals surface area contributed by atoms with Gasteiger partial charge in [0.05, 0.1) is 5.84 Å². The summed E-state index contributed by atoms with van der Waals surface area (Å²) < 4.78 is 0. The molecular formula is C14H21N5O. The third-order valence-electron chi connectivity index (χ3n) is 3.60. The van der Waals surface area contributed by atoms with Gasteiger partial charge in [0, 0.05) is 45.0 Å². The van der Waals surface area contributed by atoms with Crippen molar-refractivity contribution >= 4 is 17.4 Å². The Balaban J connectivity index is 2.18. The molecule has 6 heteroatoms. The summed E-state index contributed by atoms with van der Waals surface area (Å²) in [6, 6.07) is 3.71. The number of hydrogen-bond donors (Lipinski definition) is 2. The average molecular weight is 275 g/mol. The van der Waals surface area contributed by atoms with E-state index >= 15 is 0 Å². The zero-order valence-electron chi connectivity index (χ0n) is 12.0. The van der Waals surface area contributed by atoms with Crippen LogP contribution in [0.15, 0.2) is 18.3 Å². The number of amidine groups is 1. The average Bonchev–Trinajstić information content (AvgIpc) is 2.46. The predicted molar refractivity (Wildman–Crippen MR) is 79.1 cm³/mol. The van der Waals surface area contributed by atoms with Gasteiger partial charge in [-0.25, -0.2) is 0 Å². The molecule has 1 atom stereocenters. The molecule has 20 heavy (non-hydrogen) atoms. The number of nitrogens with two attached hydrogens (primary N) is 1. The minimum Gasteiger partial charge on any atom is -0.387 e. The Kier molecular flexibility index (Phi) is 4.22. The monoisotopic (exact) mass is 275 g/mol. The van der Waals surface area contributed by atoms with E-state index in [1.807, 2.05) is 12.1 Å². The van der Waals surface area contributed by atoms with Gasteiger partial charge in [0.2, 0.25) is 0 Å². The van der Waals surface area contributed by atoms with Crippen LogP contribution in [0.25, 0.3) is 0 Å². The molecule has 0 spiro atoms. The van der Waals surface area contributed by atoms with E-state index in [4.69, 9.17) is 11.1 Å². The van der Waals surface area contributed by atoms with Gasteiger partial charge in [-0.05, 0) is 25.0 Å². The highest BCUT2D eigenvalue weighted by Gasteiger charge is 2.23. The molecule has 1 unspecified atom stereocenters. The van der Waals surface area contributed by atoms with Crippen molar-refractivity contribution < 1.29 is 4.79 Å². The van der Waals surface area contributed by atoms with Gasteiger partial charge in [-0.1, -0.05) is 0 Å². The Morgan fingerprint density at radius 2 is 2.30 bits per heavy atom. The second-order valence-corrected chi connectivity index (χ2v) is 5.34. The third-order valence-corrected chi connectivity index (χ3v) is 3.60. The van der Waals surface area contributed by atoms with Gasteiger partial charge in [-0.15, -0.1) is 0 Å². The van der Waals surface area contributed by atoms with E-state index in [9.17, 15) is 4.79 Å². The molecule has 108 valence electrons. The van der Waals surface area contributed by atoms with Crippen LogP contribution in [0.1, 0.15) is 23.3 Å². The number of amides is 1. The Morgan fingerprint density at radius 1 is 1.55 bits per heavy atom. The Morgan fingerprint density at radius 3 is 2.95 bits per heavy atom. The lowest BCUT2D eigenvalue weighted by molar-refractivity contribution is 0.0822. The summed E-state index contributed by atoms with van der Waals surface area (Å²) in [7, 11) is 3.42. The number of pyridine rings is 1. The van der Waals surface area contributed by atoms with E-state index in [0.29, 0.717) is 5.69 Å². The number of nitrogens with one attached hydrogen (secondary N) is 1. The molecule has 1 fully saturated rings. The fourth-order valence-electron chi connectivity index (χ4n) is 2.43. The second kappa shape index (κ2) is 5.90. The van der Waals surface area contributed by atoms with Crippen LogP contribution >= 0.6 is 0 Å². The quantitative estimate of drug-likeness (QED) is 0.635. The van der Waals surface area contributed by atoms with Gasteiger partial charge in [0.1, 0.15) is 5.69 Å². The maximum atomic E-state index is 11.9. The summed E-state index contributed by atoms with van der Waals surface area (Å²) in [5.41, 5.74) is 7.02. The van der Waals surface area contributed by atoms with Gasteiger partial charge < -0.3 is 15.5 Å². The highest BCUT2D eigenvalue weighted by Crippen LogP contribution is 2.23. The first kappa shape index (κ1) is 14.3. The molecule has 0 aromatic carbocycles. The van der Waals surface area contributed by atoms with Crippen LogP contribution in [-0.4, -0.2) is 48.8 Å². The van der Waals surface area contributed by atoms with Crippen LogP contribution in [0.2, 0.25) is 0 Å². The van der Waals surface area contributed by atoms with Crippen LogP contribution in [-0.2, 0) is 0 Å². The molecule has 6 nitrogen and oxygen atoms in total. The predicted octanol–water partition coefficient (Wildman–Crippen LogP) is 0.936. The fraction of sp³-hybridized carbons (Fsp3) is 0.500. The summed E-state index contributed by atoms with van der Waals surface area (Å²) in [5.74, 6) is 0.241. The van der Waals surface area contributed by atoms with Crippen molar-refractivity contribution in [2.45, 2.75) is 12.8 Å². The third kappa shape index (κ3) is 3.07. The molecule has 3 N–H and O–H groups in total. The summed E-state index contributed by atoms with van der Waals surface area (Å²) in [5, 5.41) is 7.59. The van der Waals surface area contributed by atoms with Gasteiger partial charge >= 0.3 is 0 Å². The standard InChI is InChI=1S/C14H21N5O/c1-18(2)14(20)12-8-11(5-6-17-12)19-7-3-4-10(9-19)13(15)16/h5-6,8,10H,3-4,7,9H2,1-2H3,(H3,15,16). The van der Waals surface area contributed by atoms with Crippen LogP contribution < -0.4 is 10.6 Å². The molecule has 1 aromatic heterocycles. The summed E-state index contributed by atoms with van der Waals surface area (Å²) in [4.78, 5) is 19.8. The lowest BCUT2D eigenvalue weighted by Gasteiger charge is -2.34. The number of rotatable bonds is 3. The van der Waals surface area contributed by atoms with Crippen molar-refractivity contribution in [3.8, 4) is 0 Å². The highest BCUT2D eigenvalue weighted by atomic mass is 16.2. The van der Waals surface area contributed by atoms with Crippen LogP contribution in [0.4, 0.5) is 5.69 Å². The van der Waals surface area contributed by atoms with Crippen LogP contribution in [0, 0.1) is 11.3 Å². The first-order chi connectivity index (χ1) is 9.49. The molecule has 2 rings (SSSR count). The lowest BCUT2D eigenvalue weighted by atomic mass is 9.96. The molecule has 0 radical (unpaired) electrons. The minimum atomic E-state index is -0.105. The van der Waals surface area contributed by atoms with E-state index in [2.05, 4.69) is 9.88 Å². The molecule has 2 heterocycles. The van der Waals surface area contributed by atoms with Crippen molar-refractivity contribution in [2.24, 2.45) is 11.7 Å². The van der Waals surface area contributed by atoms with Gasteiger partial charge in [-0.3, -0.25) is 15.2 Å². The molecular weight excluding hydrogens is 254 g/mol. The Hall–Kier alpha value is -2.11. The van der Waals surface area contributed by atoms with Crippen molar-refractivity contribution in [3.05, 3.63) is 24.0 Å². The van der Waals surface area contributed by atoms with Gasteiger partial charge in [-0.2, -0.15) is 0 Å². The zero-order chi connectivity index (χ0) is 14.7. The molecule has 1 aromatic rings. The Bertz CT molecular complexity index is 514. The first-order valence-electron chi connectivity index (χ1n) is 6.75. The van der Waals surface area contributed by atoms with Crippen molar-refractivity contribution in [2.75, 3.05) is 32.1 Å². The zero-order valence-corrected chi connectivity index (χ0v) is 12.0. The molecule has 0 saturated carbocycles. The fourth-order valence-corrected chi connectivity index (χ4v) is 2.43. The van der Waals surface area contributed by atoms with E-state index in [1.165, 1.54) is 4.90 Å². The van der Waals surface area contributed by atoms with E-state index < -0.39 is 0 Å². The number of carbonyl (C=O) groups excluding carboxylic acids is 1. The molecule has 1 aliphatic rings. The summed E-state index contributed by atoms with van der Waals surface area (Å²) in [6.45, 7) is 1.65. The smallest absolute Gasteiger partial charge is 0.272 e. The number of anilines is 1. The molecule has 1 amide bonds. The minimum absolute atomic E-state index is 0.102. The number of nitrogens with zero attached hydrogens (tertiary/aromatic N) is 3. The van der Waals surface area contributed by atoms with Gasteiger partial charge in [0.15, 0.2) is 0 Å². The maximum Gasteiger partial charge on any atom is 0.272 e. The lowest BCUT2D eigenvalue weighted by Crippen LogP contribution is -2.41. The molecule has 1 saturated heterocycles. The van der Waals surface area contributed by atoms with Gasteiger partial charge in [0.25, 0.3) is 5.91 Å². The van der Waals surface area contributed by atoms with Crippen LogP contribution in [0.3, 0.4) is 0 Å². The summed E-state index contributed by atoms with van der Waals surface area (Å²) in [6.07, 6.45) is 3.62. The highest BCUT2D eigenvalue weighted by molar-refractivity contribution is 5.92. The van der Waals surface area contributed by atoms with Crippen molar-refractivity contribution in [1.29, 1.82) is 5.41 Å². The van der Waals surface area contributed by atoms with Crippen LogP contribution in [0.5, 0.6) is 0 Å². The second-order valence-electron chi connectivity index (χ2n) is 5.34. The molecule has 0 aliphatic carbocycles. The number of aromatic nitrogens is 1. The number of piperidine rings is 1. The van der Waals surface area contributed by atoms with Crippen molar-refractivity contribution in [1.82, 2.24) is 9.88 Å². The van der Waals surface area contributed by atoms with Crippen molar-refractivity contribution in [3.63, 3.8) is 0 Å². The largest absolute Gasteiger partial charge is 0.387 e. The normalized spacial score (nSPS) is 18.7. The Labute approximate surface area is 119 Å². The SMILES string of the molecule is CN(C)C(=O)c1cc(N2CCCC(C(=N)N)C2)ccn1. The molecule has 0 bridgehead atoms. The number of carbonyl (C=O) groups is 1. The molecule has 1 aliphatic heterocycles. The topological polar surface area (TPSA) is 86.3 Å². The van der Waals surface area contributed by atoms with E-state index in [-0.39, 0.29) is 17.7 Å². The first-order valence-corrected chi connectivity index (χ1v) is 6.75. The maximum absolute atomic E-state index is 11.9. The number of hydrogen-bond acceptors (Lipinski definition) is 4.